The molecule has 4 rings (SSSR count). The number of benzene rings is 3. The van der Waals surface area contributed by atoms with Crippen molar-refractivity contribution in [2.45, 2.75) is 48.8 Å². The largest absolute Gasteiger partial charge is 0.494 e. The second kappa shape index (κ2) is 13.2. The molecule has 39 heavy (non-hydrogen) atoms. The number of aliphatic hydroxyl groups is 3. The number of nitrogens with zero attached hydrogens (tertiary/aromatic N) is 1. The van der Waals surface area contributed by atoms with E-state index >= 15 is 0 Å². The molecule has 9 heteroatoms. The highest BCUT2D eigenvalue weighted by Gasteiger charge is 2.44. The van der Waals surface area contributed by atoms with Gasteiger partial charge in [0.05, 0.1) is 12.7 Å². The Morgan fingerprint density at radius 1 is 1.00 bits per heavy atom. The summed E-state index contributed by atoms with van der Waals surface area (Å²) >= 11 is 7.91. The van der Waals surface area contributed by atoms with Crippen molar-refractivity contribution < 1.29 is 29.6 Å². The van der Waals surface area contributed by atoms with Gasteiger partial charge in [-0.3, -0.25) is 4.79 Å². The van der Waals surface area contributed by atoms with Crippen molar-refractivity contribution >= 4 is 29.3 Å². The van der Waals surface area contributed by atoms with E-state index in [2.05, 4.69) is 0 Å². The quantitative estimate of drug-likeness (QED) is 0.328. The van der Waals surface area contributed by atoms with Crippen molar-refractivity contribution in [1.82, 2.24) is 4.90 Å². The zero-order valence-corrected chi connectivity index (χ0v) is 23.7. The molecule has 1 fully saturated rings. The van der Waals surface area contributed by atoms with Crippen molar-refractivity contribution in [3.05, 3.63) is 94.0 Å². The fourth-order valence-electron chi connectivity index (χ4n) is 4.52. The molecule has 3 N–H and O–H groups in total. The van der Waals surface area contributed by atoms with E-state index in [0.29, 0.717) is 34.9 Å². The fraction of sp³-hybridized carbons (Fsp3) is 0.367. The molecule has 208 valence electrons. The average molecular weight is 572 g/mol. The molecule has 7 nitrogen and oxygen atoms in total. The molecule has 1 amide bonds. The molecule has 3 aromatic rings. The summed E-state index contributed by atoms with van der Waals surface area (Å²) in [5, 5.41) is 32.8. The maximum absolute atomic E-state index is 12.3. The van der Waals surface area contributed by atoms with Crippen LogP contribution in [0, 0.1) is 0 Å². The van der Waals surface area contributed by atoms with Crippen LogP contribution in [0.15, 0.2) is 71.6 Å². The molecule has 1 heterocycles. The standard InChI is InChI=1S/C30H34ClNO6S/c1-4-37-22-11-8-18(9-12-22)14-21-15-19(10-13-24(21)31)29-28(35)27(34)26(33)25(38-29)17-39-23-7-5-6-20(16-23)30(36)32(2)3/h5-13,15-16,25-29,33-35H,4,14,17H2,1-3H3/t25-,26+,27-,28-,29+/m1/s1. The average Bonchev–Trinajstić information content (AvgIpc) is 2.93. The van der Waals surface area contributed by atoms with E-state index in [9.17, 15) is 20.1 Å². The predicted molar refractivity (Wildman–Crippen MR) is 153 cm³/mol. The van der Waals surface area contributed by atoms with Gasteiger partial charge in [-0.2, -0.15) is 0 Å². The zero-order valence-electron chi connectivity index (χ0n) is 22.2. The van der Waals surface area contributed by atoms with Gasteiger partial charge in [-0.05, 0) is 66.4 Å². The highest BCUT2D eigenvalue weighted by molar-refractivity contribution is 7.99. The number of aliphatic hydroxyl groups excluding tert-OH is 3. The van der Waals surface area contributed by atoms with Gasteiger partial charge in [0.15, 0.2) is 0 Å². The molecule has 0 unspecified atom stereocenters. The Balaban J connectivity index is 1.49. The van der Waals surface area contributed by atoms with Crippen LogP contribution in [-0.4, -0.2) is 77.0 Å². The Kier molecular flexibility index (Phi) is 9.93. The van der Waals surface area contributed by atoms with E-state index < -0.39 is 30.5 Å². The Labute approximate surface area is 238 Å². The second-order valence-electron chi connectivity index (χ2n) is 9.71. The van der Waals surface area contributed by atoms with Crippen LogP contribution < -0.4 is 4.74 Å². The van der Waals surface area contributed by atoms with Crippen molar-refractivity contribution in [2.75, 3.05) is 26.5 Å². The number of rotatable bonds is 9. The maximum Gasteiger partial charge on any atom is 0.253 e. The number of carbonyl (C=O) groups excluding carboxylic acids is 1. The summed E-state index contributed by atoms with van der Waals surface area (Å²) < 4.78 is 11.7. The predicted octanol–water partition coefficient (Wildman–Crippen LogP) is 4.35. The first-order valence-corrected chi connectivity index (χ1v) is 14.2. The number of halogens is 1. The highest BCUT2D eigenvalue weighted by atomic mass is 35.5. The van der Waals surface area contributed by atoms with Crippen LogP contribution in [0.5, 0.6) is 5.75 Å². The molecule has 0 bridgehead atoms. The highest BCUT2D eigenvalue weighted by Crippen LogP contribution is 2.36. The Bertz CT molecular complexity index is 1270. The van der Waals surface area contributed by atoms with Crippen LogP contribution in [0.2, 0.25) is 5.02 Å². The number of carbonyl (C=O) groups is 1. The number of hydrogen-bond donors (Lipinski definition) is 3. The molecule has 0 aromatic heterocycles. The van der Waals surface area contributed by atoms with E-state index in [4.69, 9.17) is 21.1 Å². The lowest BCUT2D eigenvalue weighted by molar-refractivity contribution is -0.218. The fourth-order valence-corrected chi connectivity index (χ4v) is 5.72. The summed E-state index contributed by atoms with van der Waals surface area (Å²) in [6.07, 6.45) is -5.02. The van der Waals surface area contributed by atoms with Gasteiger partial charge in [0.1, 0.15) is 30.2 Å². The lowest BCUT2D eigenvalue weighted by atomic mass is 9.90. The van der Waals surface area contributed by atoms with E-state index in [0.717, 1.165) is 21.8 Å². The second-order valence-corrected chi connectivity index (χ2v) is 11.2. The topological polar surface area (TPSA) is 99.5 Å². The molecular formula is C30H34ClNO6S. The summed E-state index contributed by atoms with van der Waals surface area (Å²) in [6.45, 7) is 2.53. The van der Waals surface area contributed by atoms with Gasteiger partial charge >= 0.3 is 0 Å². The van der Waals surface area contributed by atoms with Gasteiger partial charge in [-0.15, -0.1) is 11.8 Å². The SMILES string of the molecule is CCOc1ccc(Cc2cc([C@@H]3O[C@H](CSc4cccc(C(=O)N(C)C)c4)[C@H](O)[C@@H](O)[C@H]3O)ccc2Cl)cc1. The Morgan fingerprint density at radius 2 is 1.74 bits per heavy atom. The Hall–Kier alpha value is -2.59. The smallest absolute Gasteiger partial charge is 0.253 e. The zero-order chi connectivity index (χ0) is 28.1. The maximum atomic E-state index is 12.3. The van der Waals surface area contributed by atoms with Gasteiger partial charge in [-0.1, -0.05) is 41.9 Å². The first-order valence-electron chi connectivity index (χ1n) is 12.8. The lowest BCUT2D eigenvalue weighted by Crippen LogP contribution is -2.54. The van der Waals surface area contributed by atoms with Gasteiger partial charge in [0.2, 0.25) is 0 Å². The molecule has 5 atom stereocenters. The minimum atomic E-state index is -1.39. The van der Waals surface area contributed by atoms with Gasteiger partial charge in [0.25, 0.3) is 5.91 Å². The van der Waals surface area contributed by atoms with Crippen LogP contribution in [0.1, 0.15) is 40.1 Å². The van der Waals surface area contributed by atoms with E-state index in [-0.39, 0.29) is 5.91 Å². The third-order valence-electron chi connectivity index (χ3n) is 6.64. The summed E-state index contributed by atoms with van der Waals surface area (Å²) in [7, 11) is 3.39. The summed E-state index contributed by atoms with van der Waals surface area (Å²) in [5.41, 5.74) is 3.11. The molecule has 0 radical (unpaired) electrons. The number of hydrogen-bond acceptors (Lipinski definition) is 7. The van der Waals surface area contributed by atoms with E-state index in [1.54, 1.807) is 44.4 Å². The molecule has 0 spiro atoms. The van der Waals surface area contributed by atoms with Crippen molar-refractivity contribution in [3.63, 3.8) is 0 Å². The minimum absolute atomic E-state index is 0.103. The Morgan fingerprint density at radius 3 is 2.44 bits per heavy atom. The molecule has 3 aromatic carbocycles. The van der Waals surface area contributed by atoms with Crippen LogP contribution in [0.3, 0.4) is 0 Å². The molecule has 1 saturated heterocycles. The molecule has 1 aliphatic rings. The summed E-state index contributed by atoms with van der Waals surface area (Å²) in [6, 6.07) is 20.4. The van der Waals surface area contributed by atoms with Crippen molar-refractivity contribution in [3.8, 4) is 5.75 Å². The lowest BCUT2D eigenvalue weighted by Gasteiger charge is -2.41. The van der Waals surface area contributed by atoms with E-state index in [1.807, 2.05) is 43.3 Å². The minimum Gasteiger partial charge on any atom is -0.494 e. The third-order valence-corrected chi connectivity index (χ3v) is 8.09. The summed E-state index contributed by atoms with van der Waals surface area (Å²) in [5.74, 6) is 1.01. The van der Waals surface area contributed by atoms with Crippen LogP contribution >= 0.6 is 23.4 Å². The van der Waals surface area contributed by atoms with Crippen LogP contribution in [0.4, 0.5) is 0 Å². The normalized spacial score (nSPS) is 22.9. The summed E-state index contributed by atoms with van der Waals surface area (Å²) in [4.78, 5) is 14.7. The van der Waals surface area contributed by atoms with E-state index in [1.165, 1.54) is 16.7 Å². The molecular weight excluding hydrogens is 538 g/mol. The molecule has 0 saturated carbocycles. The monoisotopic (exact) mass is 571 g/mol. The van der Waals surface area contributed by atoms with Crippen LogP contribution in [0.25, 0.3) is 0 Å². The number of ether oxygens (including phenoxy) is 2. The first-order chi connectivity index (χ1) is 18.7. The van der Waals surface area contributed by atoms with Crippen LogP contribution in [-0.2, 0) is 11.2 Å². The van der Waals surface area contributed by atoms with Crippen molar-refractivity contribution in [1.29, 1.82) is 0 Å². The van der Waals surface area contributed by atoms with Gasteiger partial charge < -0.3 is 29.7 Å². The number of thioether (sulfide) groups is 1. The third kappa shape index (κ3) is 7.14. The molecule has 1 aliphatic heterocycles. The van der Waals surface area contributed by atoms with Crippen molar-refractivity contribution in [2.24, 2.45) is 0 Å². The number of amides is 1. The molecule has 0 aliphatic carbocycles. The first kappa shape index (κ1) is 29.4. The van der Waals surface area contributed by atoms with Gasteiger partial charge in [-0.25, -0.2) is 0 Å². The van der Waals surface area contributed by atoms with Gasteiger partial charge in [0, 0.05) is 35.3 Å².